The fraction of sp³-hybridized carbons (Fsp3) is 0.227. The standard InChI is InChI=1S/C22H18F2N4O6/c23-22(24)18(28-11-26-19(25)27-20(28)32)34-17(15(30)14(29)12-7-3-1-4-8-12)21(22,33)16(31)13-9-5-2-6-10-13/h1-11,15,17-18,30,33H,(H2,25,27,32)/t15?,17-,18-,21-/m1/s1. The maximum absolute atomic E-state index is 15.8. The Morgan fingerprint density at radius 1 is 1.06 bits per heavy atom. The molecule has 4 rings (SSSR count). The third-order valence-electron chi connectivity index (χ3n) is 5.50. The van der Waals surface area contributed by atoms with Crippen molar-refractivity contribution in [2.75, 3.05) is 5.73 Å². The number of nitrogen functional groups attached to an aromatic ring is 1. The van der Waals surface area contributed by atoms with Crippen molar-refractivity contribution in [2.45, 2.75) is 30.0 Å². The Labute approximate surface area is 190 Å². The van der Waals surface area contributed by atoms with Crippen LogP contribution in [0.2, 0.25) is 0 Å². The van der Waals surface area contributed by atoms with Gasteiger partial charge in [-0.05, 0) is 0 Å². The lowest BCUT2D eigenvalue weighted by Crippen LogP contribution is -2.62. The number of Topliss-reactive ketones (excluding diaryl/α,β-unsaturated/α-hetero) is 2. The second kappa shape index (κ2) is 8.48. The van der Waals surface area contributed by atoms with Gasteiger partial charge < -0.3 is 20.7 Å². The highest BCUT2D eigenvalue weighted by molar-refractivity contribution is 6.06. The Morgan fingerprint density at radius 2 is 1.62 bits per heavy atom. The van der Waals surface area contributed by atoms with E-state index in [1.54, 1.807) is 6.07 Å². The number of nitrogens with two attached hydrogens (primary N) is 1. The molecule has 4 N–H and O–H groups in total. The summed E-state index contributed by atoms with van der Waals surface area (Å²) in [5.41, 5.74) is -0.167. The van der Waals surface area contributed by atoms with Gasteiger partial charge in [0, 0.05) is 11.1 Å². The normalized spacial score (nSPS) is 24.5. The van der Waals surface area contributed by atoms with Gasteiger partial charge in [0.2, 0.25) is 23.6 Å². The number of hydrogen-bond donors (Lipinski definition) is 3. The zero-order valence-electron chi connectivity index (χ0n) is 17.3. The number of aromatic nitrogens is 3. The van der Waals surface area contributed by atoms with Gasteiger partial charge in [-0.2, -0.15) is 13.8 Å². The van der Waals surface area contributed by atoms with Crippen LogP contribution in [0.15, 0.2) is 71.8 Å². The van der Waals surface area contributed by atoms with Crippen LogP contribution in [0.25, 0.3) is 0 Å². The largest absolute Gasteiger partial charge is 0.382 e. The summed E-state index contributed by atoms with van der Waals surface area (Å²) in [6.45, 7) is 0. The lowest BCUT2D eigenvalue weighted by molar-refractivity contribution is -0.166. The molecule has 1 unspecified atom stereocenters. The number of benzene rings is 2. The molecule has 1 aliphatic rings. The number of aliphatic hydroxyl groups excluding tert-OH is 1. The summed E-state index contributed by atoms with van der Waals surface area (Å²) in [6, 6.07) is 13.8. The number of aliphatic hydroxyl groups is 2. The number of halogens is 2. The van der Waals surface area contributed by atoms with E-state index >= 15 is 8.78 Å². The van der Waals surface area contributed by atoms with Gasteiger partial charge in [-0.25, -0.2) is 14.3 Å². The quantitative estimate of drug-likeness (QED) is 0.437. The van der Waals surface area contributed by atoms with Gasteiger partial charge in [0.25, 0.3) is 0 Å². The van der Waals surface area contributed by atoms with E-state index in [9.17, 15) is 24.6 Å². The highest BCUT2D eigenvalue weighted by Crippen LogP contribution is 2.51. The molecule has 2 aromatic carbocycles. The Kier molecular flexibility index (Phi) is 5.81. The van der Waals surface area contributed by atoms with Crippen LogP contribution in [0.4, 0.5) is 14.7 Å². The van der Waals surface area contributed by atoms with E-state index in [0.717, 1.165) is 0 Å². The van der Waals surface area contributed by atoms with Crippen LogP contribution in [0.1, 0.15) is 26.9 Å². The monoisotopic (exact) mass is 472 g/mol. The molecule has 0 bridgehead atoms. The van der Waals surface area contributed by atoms with Crippen molar-refractivity contribution >= 4 is 17.5 Å². The summed E-state index contributed by atoms with van der Waals surface area (Å²) in [5, 5.41) is 22.0. The summed E-state index contributed by atoms with van der Waals surface area (Å²) >= 11 is 0. The molecule has 1 saturated heterocycles. The van der Waals surface area contributed by atoms with E-state index in [1.165, 1.54) is 54.6 Å². The van der Waals surface area contributed by atoms with E-state index in [0.29, 0.717) is 6.33 Å². The zero-order valence-corrected chi connectivity index (χ0v) is 17.3. The second-order valence-corrected chi connectivity index (χ2v) is 7.57. The third kappa shape index (κ3) is 3.57. The highest BCUT2D eigenvalue weighted by Gasteiger charge is 2.75. The number of ether oxygens (including phenoxy) is 1. The minimum absolute atomic E-state index is 0.0761. The van der Waals surface area contributed by atoms with Gasteiger partial charge >= 0.3 is 11.6 Å². The Bertz CT molecular complexity index is 1290. The topological polar surface area (TPSA) is 158 Å². The number of rotatable bonds is 6. The third-order valence-corrected chi connectivity index (χ3v) is 5.50. The summed E-state index contributed by atoms with van der Waals surface area (Å²) in [6.07, 6.45) is -6.90. The molecule has 10 nitrogen and oxygen atoms in total. The van der Waals surface area contributed by atoms with E-state index in [1.807, 2.05) is 0 Å². The molecule has 0 radical (unpaired) electrons. The fourth-order valence-electron chi connectivity index (χ4n) is 3.76. The van der Waals surface area contributed by atoms with E-state index < -0.39 is 53.2 Å². The molecule has 4 atom stereocenters. The van der Waals surface area contributed by atoms with E-state index in [-0.39, 0.29) is 15.7 Å². The van der Waals surface area contributed by atoms with Gasteiger partial charge in [0.05, 0.1) is 0 Å². The van der Waals surface area contributed by atoms with E-state index in [2.05, 4.69) is 9.97 Å². The number of ketones is 2. The van der Waals surface area contributed by atoms with Crippen LogP contribution in [0, 0.1) is 0 Å². The predicted molar refractivity (Wildman–Crippen MR) is 112 cm³/mol. The molecule has 3 aromatic rings. The lowest BCUT2D eigenvalue weighted by Gasteiger charge is -2.33. The van der Waals surface area contributed by atoms with Crippen molar-refractivity contribution in [1.29, 1.82) is 0 Å². The van der Waals surface area contributed by atoms with Gasteiger partial charge in [-0.15, -0.1) is 0 Å². The van der Waals surface area contributed by atoms with E-state index in [4.69, 9.17) is 10.5 Å². The first-order valence-corrected chi connectivity index (χ1v) is 9.92. The van der Waals surface area contributed by atoms with Crippen molar-refractivity contribution < 1.29 is 33.3 Å². The van der Waals surface area contributed by atoms with Crippen molar-refractivity contribution in [3.05, 3.63) is 88.6 Å². The fourth-order valence-corrected chi connectivity index (χ4v) is 3.76. The van der Waals surface area contributed by atoms with Crippen LogP contribution in [-0.4, -0.2) is 60.0 Å². The SMILES string of the molecule is Nc1ncn([C@@H]2O[C@H](C(O)C(=O)c3ccccc3)[C@](O)(C(=O)c3ccccc3)C2(F)F)c(=O)n1. The maximum Gasteiger partial charge on any atom is 0.354 e. The number of nitrogens with zero attached hydrogens (tertiary/aromatic N) is 3. The first-order chi connectivity index (χ1) is 16.1. The van der Waals surface area contributed by atoms with Gasteiger partial charge in [0.1, 0.15) is 18.5 Å². The Hall–Kier alpha value is -3.87. The maximum atomic E-state index is 15.8. The molecule has 0 aliphatic carbocycles. The molecule has 1 fully saturated rings. The van der Waals surface area contributed by atoms with Gasteiger partial charge in [-0.1, -0.05) is 60.7 Å². The summed E-state index contributed by atoms with van der Waals surface area (Å²) in [7, 11) is 0. The number of carbonyl (C=O) groups is 2. The summed E-state index contributed by atoms with van der Waals surface area (Å²) < 4.78 is 37.0. The Morgan fingerprint density at radius 3 is 2.18 bits per heavy atom. The minimum Gasteiger partial charge on any atom is -0.382 e. The highest BCUT2D eigenvalue weighted by atomic mass is 19.3. The summed E-state index contributed by atoms with van der Waals surface area (Å²) in [5.74, 6) is -7.63. The molecule has 0 amide bonds. The molecule has 2 heterocycles. The first-order valence-electron chi connectivity index (χ1n) is 9.92. The van der Waals surface area contributed by atoms with Crippen LogP contribution >= 0.6 is 0 Å². The van der Waals surface area contributed by atoms with Crippen LogP contribution in [0.5, 0.6) is 0 Å². The molecule has 176 valence electrons. The van der Waals surface area contributed by atoms with Crippen molar-refractivity contribution in [3.8, 4) is 0 Å². The predicted octanol–water partition coefficient (Wildman–Crippen LogP) is 0.611. The number of hydrogen-bond acceptors (Lipinski definition) is 9. The molecular formula is C22H18F2N4O6. The number of carbonyl (C=O) groups excluding carboxylic acids is 2. The van der Waals surface area contributed by atoms with Crippen molar-refractivity contribution in [1.82, 2.24) is 14.5 Å². The van der Waals surface area contributed by atoms with Gasteiger partial charge in [-0.3, -0.25) is 9.59 Å². The lowest BCUT2D eigenvalue weighted by atomic mass is 9.80. The molecule has 1 aliphatic heterocycles. The zero-order chi connectivity index (χ0) is 24.7. The first kappa shape index (κ1) is 23.3. The van der Waals surface area contributed by atoms with Crippen LogP contribution < -0.4 is 11.4 Å². The molecule has 0 saturated carbocycles. The Balaban J connectivity index is 1.85. The summed E-state index contributed by atoms with van der Waals surface area (Å²) in [4.78, 5) is 45.0. The molecule has 12 heteroatoms. The number of anilines is 1. The molecule has 0 spiro atoms. The molecular weight excluding hydrogens is 454 g/mol. The average Bonchev–Trinajstić information content (AvgIpc) is 3.05. The van der Waals surface area contributed by atoms with Crippen LogP contribution in [0.3, 0.4) is 0 Å². The van der Waals surface area contributed by atoms with Gasteiger partial charge in [0.15, 0.2) is 5.78 Å². The molecule has 1 aromatic heterocycles. The smallest absolute Gasteiger partial charge is 0.354 e. The molecule has 34 heavy (non-hydrogen) atoms. The van der Waals surface area contributed by atoms with Crippen molar-refractivity contribution in [2.24, 2.45) is 0 Å². The average molecular weight is 472 g/mol. The number of alkyl halides is 2. The minimum atomic E-state index is -4.52. The van der Waals surface area contributed by atoms with Crippen molar-refractivity contribution in [3.63, 3.8) is 0 Å². The second-order valence-electron chi connectivity index (χ2n) is 7.57. The van der Waals surface area contributed by atoms with Crippen LogP contribution in [-0.2, 0) is 4.74 Å².